The molecule has 13 heavy (non-hydrogen) atoms. The number of phenolic OH excluding ortho intramolecular Hbond substituents is 1. The van der Waals surface area contributed by atoms with E-state index in [2.05, 4.69) is 0 Å². The number of halogens is 1. The lowest BCUT2D eigenvalue weighted by Gasteiger charge is -2.10. The maximum atomic E-state index is 9.62. The van der Waals surface area contributed by atoms with Gasteiger partial charge in [0.15, 0.2) is 0 Å². The first-order valence-corrected chi connectivity index (χ1v) is 4.63. The molecule has 1 aromatic carbocycles. The Balaban J connectivity index is 3.24. The van der Waals surface area contributed by atoms with Gasteiger partial charge in [-0.2, -0.15) is 0 Å². The topological polar surface area (TPSA) is 46.2 Å². The summed E-state index contributed by atoms with van der Waals surface area (Å²) in [5.74, 6) is 0.185. The summed E-state index contributed by atoms with van der Waals surface area (Å²) in [5, 5.41) is 10.1. The molecule has 0 fully saturated rings. The zero-order valence-electron chi connectivity index (χ0n) is 7.89. The molecule has 0 unspecified atom stereocenters. The molecule has 0 aliphatic heterocycles. The number of hydrogen-bond donors (Lipinski definition) is 2. The first-order chi connectivity index (χ1) is 6.07. The summed E-state index contributed by atoms with van der Waals surface area (Å²) in [7, 11) is 0. The molecule has 0 saturated heterocycles. The number of nitrogens with two attached hydrogens (primary N) is 1. The average Bonchev–Trinajstić information content (AvgIpc) is 2.11. The molecule has 0 amide bonds. The molecule has 0 aromatic heterocycles. The van der Waals surface area contributed by atoms with Crippen molar-refractivity contribution in [1.82, 2.24) is 0 Å². The summed E-state index contributed by atoms with van der Waals surface area (Å²) in [6, 6.07) is 1.98. The monoisotopic (exact) mass is 199 g/mol. The van der Waals surface area contributed by atoms with Crippen LogP contribution >= 0.6 is 11.6 Å². The zero-order valence-corrected chi connectivity index (χ0v) is 8.65. The van der Waals surface area contributed by atoms with Crippen LogP contribution in [0, 0.1) is 13.8 Å². The van der Waals surface area contributed by atoms with Crippen LogP contribution in [0.4, 0.5) is 0 Å². The lowest BCUT2D eigenvalue weighted by atomic mass is 10.0. The van der Waals surface area contributed by atoms with Crippen LogP contribution in [0.2, 0.25) is 5.02 Å². The predicted octanol–water partition coefficient (Wildman–Crippen LogP) is 2.16. The molecule has 3 N–H and O–H groups in total. The smallest absolute Gasteiger partial charge is 0.137 e. The van der Waals surface area contributed by atoms with E-state index in [-0.39, 0.29) is 5.75 Å². The van der Waals surface area contributed by atoms with E-state index in [1.165, 1.54) is 0 Å². The molecule has 1 aromatic rings. The third-order valence-corrected chi connectivity index (χ3v) is 2.67. The van der Waals surface area contributed by atoms with E-state index in [1.54, 1.807) is 0 Å². The molecule has 2 nitrogen and oxygen atoms in total. The number of aromatic hydroxyl groups is 1. The van der Waals surface area contributed by atoms with Gasteiger partial charge in [0.2, 0.25) is 0 Å². The van der Waals surface area contributed by atoms with Crippen molar-refractivity contribution in [1.29, 1.82) is 0 Å². The highest BCUT2D eigenvalue weighted by atomic mass is 35.5. The van der Waals surface area contributed by atoms with Crippen LogP contribution in [0.25, 0.3) is 0 Å². The van der Waals surface area contributed by atoms with Crippen molar-refractivity contribution in [2.24, 2.45) is 5.73 Å². The molecule has 0 bridgehead atoms. The largest absolute Gasteiger partial charge is 0.506 e. The summed E-state index contributed by atoms with van der Waals surface area (Å²) in [4.78, 5) is 0. The Labute approximate surface area is 83.3 Å². The van der Waals surface area contributed by atoms with Crippen LogP contribution < -0.4 is 5.73 Å². The molecular weight excluding hydrogens is 186 g/mol. The van der Waals surface area contributed by atoms with Gasteiger partial charge in [0, 0.05) is 0 Å². The summed E-state index contributed by atoms with van der Waals surface area (Å²) in [5.41, 5.74) is 8.26. The van der Waals surface area contributed by atoms with Crippen LogP contribution in [0.3, 0.4) is 0 Å². The van der Waals surface area contributed by atoms with Crippen LogP contribution in [0.1, 0.15) is 16.7 Å². The van der Waals surface area contributed by atoms with E-state index in [9.17, 15) is 5.11 Å². The van der Waals surface area contributed by atoms with Crippen molar-refractivity contribution < 1.29 is 5.11 Å². The fraction of sp³-hybridized carbons (Fsp3) is 0.400. The van der Waals surface area contributed by atoms with E-state index in [0.717, 1.165) is 23.1 Å². The standard InChI is InChI=1S/C10H14ClNO/c1-6-5-8(3-4-12)7(2)10(13)9(6)11/h5,13H,3-4,12H2,1-2H3. The highest BCUT2D eigenvalue weighted by Gasteiger charge is 2.09. The second-order valence-corrected chi connectivity index (χ2v) is 3.56. The van der Waals surface area contributed by atoms with E-state index >= 15 is 0 Å². The molecule has 3 heteroatoms. The van der Waals surface area contributed by atoms with Crippen molar-refractivity contribution in [2.45, 2.75) is 20.3 Å². The summed E-state index contributed by atoms with van der Waals surface area (Å²) in [6.07, 6.45) is 0.775. The fourth-order valence-corrected chi connectivity index (χ4v) is 1.55. The molecule has 0 saturated carbocycles. The number of benzene rings is 1. The molecule has 0 aliphatic carbocycles. The van der Waals surface area contributed by atoms with Gasteiger partial charge in [0.25, 0.3) is 0 Å². The maximum absolute atomic E-state index is 9.62. The van der Waals surface area contributed by atoms with Crippen LogP contribution in [-0.2, 0) is 6.42 Å². The van der Waals surface area contributed by atoms with Gasteiger partial charge < -0.3 is 10.8 Å². The lowest BCUT2D eigenvalue weighted by molar-refractivity contribution is 0.470. The van der Waals surface area contributed by atoms with Gasteiger partial charge >= 0.3 is 0 Å². The van der Waals surface area contributed by atoms with Gasteiger partial charge in [0.1, 0.15) is 5.75 Å². The number of phenols is 1. The molecule has 0 atom stereocenters. The SMILES string of the molecule is Cc1cc(CCN)c(C)c(O)c1Cl. The molecular formula is C10H14ClNO. The second-order valence-electron chi connectivity index (χ2n) is 3.18. The first kappa shape index (κ1) is 10.4. The van der Waals surface area contributed by atoms with E-state index in [1.807, 2.05) is 19.9 Å². The normalized spacial score (nSPS) is 10.5. The third kappa shape index (κ3) is 1.95. The van der Waals surface area contributed by atoms with Gasteiger partial charge in [0.05, 0.1) is 5.02 Å². The highest BCUT2D eigenvalue weighted by molar-refractivity contribution is 6.32. The predicted molar refractivity (Wildman–Crippen MR) is 55.3 cm³/mol. The Morgan fingerprint density at radius 1 is 1.46 bits per heavy atom. The maximum Gasteiger partial charge on any atom is 0.137 e. The van der Waals surface area contributed by atoms with Crippen molar-refractivity contribution in [3.8, 4) is 5.75 Å². The minimum atomic E-state index is 0.185. The summed E-state index contributed by atoms with van der Waals surface area (Å²) >= 11 is 5.87. The molecule has 72 valence electrons. The Morgan fingerprint density at radius 2 is 2.08 bits per heavy atom. The van der Waals surface area contributed by atoms with Crippen molar-refractivity contribution in [2.75, 3.05) is 6.54 Å². The molecule has 0 spiro atoms. The van der Waals surface area contributed by atoms with Gasteiger partial charge in [-0.3, -0.25) is 0 Å². The van der Waals surface area contributed by atoms with Gasteiger partial charge in [-0.25, -0.2) is 0 Å². The van der Waals surface area contributed by atoms with Crippen molar-refractivity contribution in [3.63, 3.8) is 0 Å². The highest BCUT2D eigenvalue weighted by Crippen LogP contribution is 2.32. The Morgan fingerprint density at radius 3 is 2.62 bits per heavy atom. The van der Waals surface area contributed by atoms with E-state index < -0.39 is 0 Å². The summed E-state index contributed by atoms with van der Waals surface area (Å²) in [6.45, 7) is 4.31. The van der Waals surface area contributed by atoms with Crippen molar-refractivity contribution >= 4 is 11.6 Å². The lowest BCUT2D eigenvalue weighted by Crippen LogP contribution is -2.04. The van der Waals surface area contributed by atoms with Crippen LogP contribution in [0.15, 0.2) is 6.07 Å². The zero-order chi connectivity index (χ0) is 10.0. The summed E-state index contributed by atoms with van der Waals surface area (Å²) < 4.78 is 0. The van der Waals surface area contributed by atoms with Gasteiger partial charge in [-0.05, 0) is 43.5 Å². The Hall–Kier alpha value is -0.730. The molecule has 0 aliphatic rings. The van der Waals surface area contributed by atoms with Gasteiger partial charge in [-0.15, -0.1) is 0 Å². The molecule has 0 radical (unpaired) electrons. The van der Waals surface area contributed by atoms with Gasteiger partial charge in [-0.1, -0.05) is 17.7 Å². The number of rotatable bonds is 2. The fourth-order valence-electron chi connectivity index (χ4n) is 1.35. The minimum Gasteiger partial charge on any atom is -0.506 e. The second kappa shape index (κ2) is 3.99. The minimum absolute atomic E-state index is 0.185. The first-order valence-electron chi connectivity index (χ1n) is 4.25. The van der Waals surface area contributed by atoms with Crippen LogP contribution in [-0.4, -0.2) is 11.7 Å². The van der Waals surface area contributed by atoms with Crippen LogP contribution in [0.5, 0.6) is 5.75 Å². The van der Waals surface area contributed by atoms with Crippen molar-refractivity contribution in [3.05, 3.63) is 27.8 Å². The van der Waals surface area contributed by atoms with E-state index in [4.69, 9.17) is 17.3 Å². The number of hydrogen-bond acceptors (Lipinski definition) is 2. The number of aryl methyl sites for hydroxylation is 1. The van der Waals surface area contributed by atoms with E-state index in [0.29, 0.717) is 11.6 Å². The Bertz CT molecular complexity index is 323. The Kier molecular flexibility index (Phi) is 3.17. The molecule has 0 heterocycles. The third-order valence-electron chi connectivity index (χ3n) is 2.20. The average molecular weight is 200 g/mol. The molecule has 1 rings (SSSR count). The quantitative estimate of drug-likeness (QED) is 0.767.